The summed E-state index contributed by atoms with van der Waals surface area (Å²) in [7, 11) is 0. The van der Waals surface area contributed by atoms with Crippen LogP contribution in [-0.4, -0.2) is 23.1 Å². The van der Waals surface area contributed by atoms with Crippen LogP contribution in [0.25, 0.3) is 0 Å². The van der Waals surface area contributed by atoms with E-state index in [1.165, 1.54) is 0 Å². The maximum atomic E-state index is 12.7. The van der Waals surface area contributed by atoms with E-state index in [2.05, 4.69) is 10.3 Å². The lowest BCUT2D eigenvalue weighted by Gasteiger charge is -2.31. The van der Waals surface area contributed by atoms with Crippen LogP contribution in [0.4, 0.5) is 13.2 Å². The van der Waals surface area contributed by atoms with Crippen molar-refractivity contribution in [3.8, 4) is 0 Å². The summed E-state index contributed by atoms with van der Waals surface area (Å²) in [5, 5.41) is 2.65. The van der Waals surface area contributed by atoms with Crippen molar-refractivity contribution in [3.63, 3.8) is 0 Å². The van der Waals surface area contributed by atoms with Crippen LogP contribution in [0.3, 0.4) is 0 Å². The van der Waals surface area contributed by atoms with E-state index in [4.69, 9.17) is 12.2 Å². The third-order valence-electron chi connectivity index (χ3n) is 3.54. The van der Waals surface area contributed by atoms with Crippen molar-refractivity contribution >= 4 is 18.1 Å². The normalized spacial score (nSPS) is 23.4. The molecule has 1 aromatic rings. The summed E-state index contributed by atoms with van der Waals surface area (Å²) in [5.74, 6) is -1.74. The fourth-order valence-corrected chi connectivity index (χ4v) is 2.71. The third kappa shape index (κ3) is 3.59. The number of alkyl halides is 3. The van der Waals surface area contributed by atoms with Crippen molar-refractivity contribution in [2.24, 2.45) is 5.92 Å². The number of aromatic nitrogens is 1. The Bertz CT molecular complexity index is 541. The van der Waals surface area contributed by atoms with Gasteiger partial charge in [-0.15, -0.1) is 0 Å². The first-order valence-electron chi connectivity index (χ1n) is 6.43. The number of nitrogens with one attached hydrogen (secondary N) is 2. The van der Waals surface area contributed by atoms with Gasteiger partial charge in [-0.3, -0.25) is 4.79 Å². The maximum Gasteiger partial charge on any atom is 0.391 e. The molecule has 0 bridgehead atoms. The van der Waals surface area contributed by atoms with Gasteiger partial charge in [-0.1, -0.05) is 18.6 Å². The molecule has 2 atom stereocenters. The number of halogens is 3. The second-order valence-corrected chi connectivity index (χ2v) is 5.40. The van der Waals surface area contributed by atoms with Crippen LogP contribution >= 0.6 is 12.2 Å². The predicted octanol–water partition coefficient (Wildman–Crippen LogP) is 3.60. The molecule has 0 radical (unpaired) electrons. The summed E-state index contributed by atoms with van der Waals surface area (Å²) < 4.78 is 38.4. The van der Waals surface area contributed by atoms with Gasteiger partial charge in [0.2, 0.25) is 0 Å². The Morgan fingerprint density at radius 2 is 2.15 bits per heavy atom. The van der Waals surface area contributed by atoms with Gasteiger partial charge in [0.15, 0.2) is 0 Å². The molecule has 0 saturated heterocycles. The highest BCUT2D eigenvalue weighted by atomic mass is 32.1. The minimum atomic E-state index is -4.19. The molecule has 1 saturated carbocycles. The molecule has 2 N–H and O–H groups in total. The standard InChI is InChI=1S/C13H15F3N2OS/c14-13(15,16)8-3-1-4-9(7-8)18-11(19)10-5-2-6-17-12(10)20/h2,5-6,8-9H,1,3-4,7H2,(H,17,20)(H,18,19)/t8-,9-/m1/s1. The quantitative estimate of drug-likeness (QED) is 0.820. The zero-order valence-electron chi connectivity index (χ0n) is 10.7. The lowest BCUT2D eigenvalue weighted by atomic mass is 9.85. The molecule has 3 nitrogen and oxygen atoms in total. The number of rotatable bonds is 2. The van der Waals surface area contributed by atoms with E-state index < -0.39 is 24.0 Å². The van der Waals surface area contributed by atoms with E-state index in [9.17, 15) is 18.0 Å². The van der Waals surface area contributed by atoms with Gasteiger partial charge in [0.1, 0.15) is 4.64 Å². The summed E-state index contributed by atoms with van der Waals surface area (Å²) in [5.41, 5.74) is 0.289. The lowest BCUT2D eigenvalue weighted by Crippen LogP contribution is -2.41. The fraction of sp³-hybridized carbons (Fsp3) is 0.538. The van der Waals surface area contributed by atoms with Crippen molar-refractivity contribution in [2.45, 2.75) is 37.9 Å². The number of aromatic amines is 1. The molecule has 0 spiro atoms. The van der Waals surface area contributed by atoms with Crippen LogP contribution in [-0.2, 0) is 0 Å². The topological polar surface area (TPSA) is 44.9 Å². The van der Waals surface area contributed by atoms with E-state index >= 15 is 0 Å². The molecule has 0 unspecified atom stereocenters. The van der Waals surface area contributed by atoms with E-state index in [1.807, 2.05) is 0 Å². The smallest absolute Gasteiger partial charge is 0.352 e. The van der Waals surface area contributed by atoms with Crippen molar-refractivity contribution < 1.29 is 18.0 Å². The number of carbonyl (C=O) groups is 1. The maximum absolute atomic E-state index is 12.7. The molecule has 110 valence electrons. The average molecular weight is 304 g/mol. The van der Waals surface area contributed by atoms with Crippen molar-refractivity contribution in [1.29, 1.82) is 0 Å². The zero-order valence-corrected chi connectivity index (χ0v) is 11.5. The van der Waals surface area contributed by atoms with Gasteiger partial charge < -0.3 is 10.3 Å². The number of H-pyrrole nitrogens is 1. The van der Waals surface area contributed by atoms with E-state index in [0.29, 0.717) is 12.8 Å². The predicted molar refractivity (Wildman–Crippen MR) is 70.9 cm³/mol. The first-order valence-corrected chi connectivity index (χ1v) is 6.84. The summed E-state index contributed by atoms with van der Waals surface area (Å²) in [6, 6.07) is 2.74. The van der Waals surface area contributed by atoms with Crippen LogP contribution in [0.15, 0.2) is 18.3 Å². The number of hydrogen-bond donors (Lipinski definition) is 2. The highest BCUT2D eigenvalue weighted by Crippen LogP contribution is 2.37. The molecule has 0 aromatic carbocycles. The van der Waals surface area contributed by atoms with Crippen LogP contribution in [0, 0.1) is 10.6 Å². The first kappa shape index (κ1) is 15.0. The van der Waals surface area contributed by atoms with E-state index in [-0.39, 0.29) is 23.0 Å². The molecule has 0 aliphatic heterocycles. The molecule has 20 heavy (non-hydrogen) atoms. The Morgan fingerprint density at radius 1 is 1.40 bits per heavy atom. The minimum Gasteiger partial charge on any atom is -0.352 e. The Labute approximate surface area is 119 Å². The van der Waals surface area contributed by atoms with Crippen LogP contribution in [0.2, 0.25) is 0 Å². The van der Waals surface area contributed by atoms with Gasteiger partial charge in [-0.05, 0) is 31.4 Å². The molecule has 1 aliphatic carbocycles. The number of pyridine rings is 1. The molecule has 1 amide bonds. The largest absolute Gasteiger partial charge is 0.391 e. The van der Waals surface area contributed by atoms with Gasteiger partial charge in [-0.25, -0.2) is 0 Å². The molecule has 1 aliphatic rings. The van der Waals surface area contributed by atoms with Gasteiger partial charge in [-0.2, -0.15) is 13.2 Å². The second-order valence-electron chi connectivity index (χ2n) is 4.99. The van der Waals surface area contributed by atoms with E-state index in [0.717, 1.165) is 0 Å². The van der Waals surface area contributed by atoms with Gasteiger partial charge in [0, 0.05) is 12.2 Å². The Kier molecular flexibility index (Phi) is 4.47. The summed E-state index contributed by atoms with van der Waals surface area (Å²) >= 11 is 4.98. The summed E-state index contributed by atoms with van der Waals surface area (Å²) in [4.78, 5) is 14.7. The molecular weight excluding hydrogens is 289 g/mol. The molecular formula is C13H15F3N2OS. The first-order chi connectivity index (χ1) is 9.38. The van der Waals surface area contributed by atoms with Gasteiger partial charge in [0.25, 0.3) is 5.91 Å². The zero-order chi connectivity index (χ0) is 14.8. The average Bonchev–Trinajstić information content (AvgIpc) is 2.38. The molecule has 7 heteroatoms. The molecule has 1 heterocycles. The number of carbonyl (C=O) groups excluding carboxylic acids is 1. The number of hydrogen-bond acceptors (Lipinski definition) is 2. The Balaban J connectivity index is 2.02. The van der Waals surface area contributed by atoms with Gasteiger partial charge in [0.05, 0.1) is 11.5 Å². The van der Waals surface area contributed by atoms with Crippen LogP contribution in [0.5, 0.6) is 0 Å². The fourth-order valence-electron chi connectivity index (χ4n) is 2.48. The van der Waals surface area contributed by atoms with E-state index in [1.54, 1.807) is 18.3 Å². The summed E-state index contributed by atoms with van der Waals surface area (Å²) in [6.45, 7) is 0. The van der Waals surface area contributed by atoms with Crippen LogP contribution < -0.4 is 5.32 Å². The Morgan fingerprint density at radius 3 is 2.80 bits per heavy atom. The SMILES string of the molecule is O=C(N[C@@H]1CCC[C@@H](C(F)(F)F)C1)c1ccc[nH]c1=S. The van der Waals surface area contributed by atoms with Crippen molar-refractivity contribution in [3.05, 3.63) is 28.5 Å². The second kappa shape index (κ2) is 5.95. The Hall–Kier alpha value is -1.37. The molecule has 1 aromatic heterocycles. The third-order valence-corrected chi connectivity index (χ3v) is 3.87. The highest BCUT2D eigenvalue weighted by molar-refractivity contribution is 7.71. The van der Waals surface area contributed by atoms with Gasteiger partial charge >= 0.3 is 6.18 Å². The van der Waals surface area contributed by atoms with Crippen molar-refractivity contribution in [1.82, 2.24) is 10.3 Å². The minimum absolute atomic E-state index is 0.0570. The molecule has 2 rings (SSSR count). The molecule has 1 fully saturated rings. The number of amides is 1. The van der Waals surface area contributed by atoms with Crippen LogP contribution in [0.1, 0.15) is 36.0 Å². The van der Waals surface area contributed by atoms with Crippen molar-refractivity contribution in [2.75, 3.05) is 0 Å². The lowest BCUT2D eigenvalue weighted by molar-refractivity contribution is -0.183. The summed E-state index contributed by atoms with van der Waals surface area (Å²) in [6.07, 6.45) is -1.47. The monoisotopic (exact) mass is 304 g/mol. The highest BCUT2D eigenvalue weighted by Gasteiger charge is 2.42.